The lowest BCUT2D eigenvalue weighted by atomic mass is 10.0. The number of carboxylic acid groups (broad SMARTS) is 1. The second-order valence-electron chi connectivity index (χ2n) is 9.09. The van der Waals surface area contributed by atoms with Gasteiger partial charge in [-0.25, -0.2) is 0 Å². The number of ether oxygens (including phenoxy) is 3. The fraction of sp³-hybridized carbons (Fsp3) is 0.370. The van der Waals surface area contributed by atoms with Crippen molar-refractivity contribution in [2.24, 2.45) is 5.92 Å². The Labute approximate surface area is 208 Å². The number of carbonyl (C=O) groups excluding carboxylic acids is 2. The molecule has 0 unspecified atom stereocenters. The summed E-state index contributed by atoms with van der Waals surface area (Å²) in [5.41, 5.74) is 1.18. The van der Waals surface area contributed by atoms with Gasteiger partial charge < -0.3 is 33.8 Å². The largest absolute Gasteiger partial charge is 0.548 e. The van der Waals surface area contributed by atoms with Crippen molar-refractivity contribution in [2.75, 3.05) is 19.8 Å². The van der Waals surface area contributed by atoms with E-state index in [9.17, 15) is 19.5 Å². The van der Waals surface area contributed by atoms with Crippen LogP contribution in [0.25, 0.3) is 22.1 Å². The predicted octanol–water partition coefficient (Wildman–Crippen LogP) is 2.59. The van der Waals surface area contributed by atoms with Crippen molar-refractivity contribution in [3.63, 3.8) is 0 Å². The molecule has 0 fully saturated rings. The third-order valence-corrected chi connectivity index (χ3v) is 5.77. The summed E-state index contributed by atoms with van der Waals surface area (Å²) in [6, 6.07) is 8.93. The first-order valence-electron chi connectivity index (χ1n) is 11.8. The summed E-state index contributed by atoms with van der Waals surface area (Å²) in [6.45, 7) is 6.12. The Kier molecular flexibility index (Phi) is 7.47. The molecule has 0 radical (unpaired) electrons. The maximum Gasteiger partial charge on any atom is 0.258 e. The Morgan fingerprint density at radius 3 is 2.56 bits per heavy atom. The highest BCUT2D eigenvalue weighted by Crippen LogP contribution is 2.35. The summed E-state index contributed by atoms with van der Waals surface area (Å²) < 4.78 is 22.9. The SMILES string of the molecule is Cc1oc2cc(OCC(=O)N[C@H](CC(C)C)C(=O)[O-])ccc2c(=O)c1-c1ccc2c(c1)OCCCO2. The monoisotopic (exact) mass is 494 g/mol. The fourth-order valence-corrected chi connectivity index (χ4v) is 4.10. The highest BCUT2D eigenvalue weighted by molar-refractivity contribution is 5.85. The first-order valence-corrected chi connectivity index (χ1v) is 11.8. The van der Waals surface area contributed by atoms with Gasteiger partial charge in [-0.2, -0.15) is 0 Å². The van der Waals surface area contributed by atoms with Crippen molar-refractivity contribution in [2.45, 2.75) is 39.7 Å². The number of hydrogen-bond donors (Lipinski definition) is 1. The van der Waals surface area contributed by atoms with E-state index in [0.717, 1.165) is 6.42 Å². The molecule has 0 aliphatic carbocycles. The van der Waals surface area contributed by atoms with Crippen molar-refractivity contribution in [1.29, 1.82) is 0 Å². The maximum absolute atomic E-state index is 13.3. The Balaban J connectivity index is 1.53. The van der Waals surface area contributed by atoms with Crippen LogP contribution in [0.4, 0.5) is 0 Å². The van der Waals surface area contributed by atoms with Crippen LogP contribution in [-0.2, 0) is 9.59 Å². The normalized spacial score (nSPS) is 13.8. The van der Waals surface area contributed by atoms with Crippen molar-refractivity contribution < 1.29 is 33.3 Å². The smallest absolute Gasteiger partial charge is 0.258 e. The number of hydrogen-bond acceptors (Lipinski definition) is 8. The van der Waals surface area contributed by atoms with Crippen molar-refractivity contribution in [1.82, 2.24) is 5.32 Å². The maximum atomic E-state index is 13.3. The summed E-state index contributed by atoms with van der Waals surface area (Å²) in [6.07, 6.45) is 1.03. The molecule has 1 atom stereocenters. The number of fused-ring (bicyclic) bond motifs is 2. The van der Waals surface area contributed by atoms with Crippen LogP contribution in [0.2, 0.25) is 0 Å². The topological polar surface area (TPSA) is 127 Å². The summed E-state index contributed by atoms with van der Waals surface area (Å²) in [4.78, 5) is 36.8. The quantitative estimate of drug-likeness (QED) is 0.506. The predicted molar refractivity (Wildman–Crippen MR) is 130 cm³/mol. The summed E-state index contributed by atoms with van der Waals surface area (Å²) >= 11 is 0. The zero-order valence-electron chi connectivity index (χ0n) is 20.4. The molecular formula is C27H28NO8-. The lowest BCUT2D eigenvalue weighted by molar-refractivity contribution is -0.308. The van der Waals surface area contributed by atoms with Crippen LogP contribution in [0.15, 0.2) is 45.6 Å². The van der Waals surface area contributed by atoms with Gasteiger partial charge in [-0.3, -0.25) is 9.59 Å². The molecule has 0 bridgehead atoms. The number of aliphatic carboxylic acids is 1. The fourth-order valence-electron chi connectivity index (χ4n) is 4.10. The highest BCUT2D eigenvalue weighted by Gasteiger charge is 2.19. The molecule has 9 nitrogen and oxygen atoms in total. The number of carboxylic acids is 1. The summed E-state index contributed by atoms with van der Waals surface area (Å²) in [5, 5.41) is 14.0. The number of benzene rings is 2. The average molecular weight is 495 g/mol. The second-order valence-corrected chi connectivity index (χ2v) is 9.09. The van der Waals surface area contributed by atoms with Crippen LogP contribution in [0, 0.1) is 12.8 Å². The Morgan fingerprint density at radius 2 is 1.83 bits per heavy atom. The van der Waals surface area contributed by atoms with Crippen LogP contribution in [0.1, 0.15) is 32.4 Å². The minimum Gasteiger partial charge on any atom is -0.548 e. The van der Waals surface area contributed by atoms with Crippen LogP contribution in [-0.4, -0.2) is 37.7 Å². The van der Waals surface area contributed by atoms with Gasteiger partial charge >= 0.3 is 0 Å². The van der Waals surface area contributed by atoms with Crippen LogP contribution in [0.5, 0.6) is 17.2 Å². The minimum atomic E-state index is -1.34. The summed E-state index contributed by atoms with van der Waals surface area (Å²) in [5.74, 6) is 0.0778. The number of rotatable bonds is 8. The zero-order chi connectivity index (χ0) is 25.8. The molecule has 4 rings (SSSR count). The lowest BCUT2D eigenvalue weighted by Gasteiger charge is -2.21. The molecule has 1 aliphatic rings. The minimum absolute atomic E-state index is 0.0669. The van der Waals surface area contributed by atoms with E-state index in [0.29, 0.717) is 58.3 Å². The van der Waals surface area contributed by atoms with Gasteiger partial charge in [-0.1, -0.05) is 19.9 Å². The molecular weight excluding hydrogens is 466 g/mol. The molecule has 9 heteroatoms. The van der Waals surface area contributed by atoms with Gasteiger partial charge in [0.05, 0.1) is 36.2 Å². The van der Waals surface area contributed by atoms with Gasteiger partial charge in [0.1, 0.15) is 17.1 Å². The van der Waals surface area contributed by atoms with Gasteiger partial charge in [0.25, 0.3) is 5.91 Å². The number of carbonyl (C=O) groups is 2. The molecule has 3 aromatic rings. The van der Waals surface area contributed by atoms with Gasteiger partial charge in [-0.15, -0.1) is 0 Å². The molecule has 1 aliphatic heterocycles. The second kappa shape index (κ2) is 10.7. The van der Waals surface area contributed by atoms with E-state index in [1.54, 1.807) is 37.3 Å². The van der Waals surface area contributed by atoms with Crippen LogP contribution < -0.4 is 30.1 Å². The first-order chi connectivity index (χ1) is 17.2. The van der Waals surface area contributed by atoms with Crippen molar-refractivity contribution >= 4 is 22.8 Å². The van der Waals surface area contributed by atoms with E-state index in [1.807, 2.05) is 13.8 Å². The third-order valence-electron chi connectivity index (χ3n) is 5.77. The lowest BCUT2D eigenvalue weighted by Crippen LogP contribution is -2.49. The van der Waals surface area contributed by atoms with E-state index in [2.05, 4.69) is 5.32 Å². The van der Waals surface area contributed by atoms with E-state index >= 15 is 0 Å². The van der Waals surface area contributed by atoms with Gasteiger partial charge in [-0.05, 0) is 49.1 Å². The highest BCUT2D eigenvalue weighted by atomic mass is 16.5. The standard InChI is InChI=1S/C27H29NO8/c1-15(2)11-20(27(31)32)28-24(29)14-35-18-6-7-19-22(13-18)36-16(3)25(26(19)30)17-5-8-21-23(12-17)34-10-4-9-33-21/h5-8,12-13,15,20H,4,9-11,14H2,1-3H3,(H,28,29)(H,31,32)/p-1/t20-/m1/s1. The first kappa shape index (κ1) is 25.1. The summed E-state index contributed by atoms with van der Waals surface area (Å²) in [7, 11) is 0. The van der Waals surface area contributed by atoms with E-state index in [-0.39, 0.29) is 17.8 Å². The van der Waals surface area contributed by atoms with Crippen molar-refractivity contribution in [3.8, 4) is 28.4 Å². The molecule has 1 amide bonds. The van der Waals surface area contributed by atoms with Crippen molar-refractivity contribution in [3.05, 3.63) is 52.4 Å². The molecule has 1 aromatic heterocycles. The van der Waals surface area contributed by atoms with Gasteiger partial charge in [0, 0.05) is 12.5 Å². The molecule has 2 heterocycles. The number of aryl methyl sites for hydroxylation is 1. The molecule has 190 valence electrons. The zero-order valence-corrected chi connectivity index (χ0v) is 20.4. The third kappa shape index (κ3) is 5.62. The molecule has 36 heavy (non-hydrogen) atoms. The van der Waals surface area contributed by atoms with E-state index in [1.165, 1.54) is 6.07 Å². The Morgan fingerprint density at radius 1 is 1.08 bits per heavy atom. The average Bonchev–Trinajstić information content (AvgIpc) is 3.07. The van der Waals surface area contributed by atoms with E-state index < -0.39 is 24.5 Å². The Bertz CT molecular complexity index is 1340. The number of amides is 1. The van der Waals surface area contributed by atoms with Gasteiger partial charge in [0.15, 0.2) is 18.1 Å². The van der Waals surface area contributed by atoms with Crippen LogP contribution >= 0.6 is 0 Å². The molecule has 0 saturated heterocycles. The Hall–Kier alpha value is -4.01. The van der Waals surface area contributed by atoms with Crippen LogP contribution in [0.3, 0.4) is 0 Å². The number of nitrogens with one attached hydrogen (secondary N) is 1. The molecule has 2 aromatic carbocycles. The van der Waals surface area contributed by atoms with E-state index in [4.69, 9.17) is 18.6 Å². The molecule has 0 spiro atoms. The molecule has 1 N–H and O–H groups in total. The molecule has 0 saturated carbocycles. The van der Waals surface area contributed by atoms with Gasteiger partial charge in [0.2, 0.25) is 5.43 Å².